The van der Waals surface area contributed by atoms with E-state index in [9.17, 15) is 14.0 Å². The SMILES string of the molecule is Cc1cc(CNC(=O)[C@@H]2CC(=O)Nc3ccccc32)ccc1F. The second kappa shape index (κ2) is 6.20. The van der Waals surface area contributed by atoms with Crippen molar-refractivity contribution in [2.45, 2.75) is 25.8 Å². The molecule has 2 aromatic rings. The van der Waals surface area contributed by atoms with Gasteiger partial charge in [-0.2, -0.15) is 0 Å². The highest BCUT2D eigenvalue weighted by molar-refractivity contribution is 6.01. The Bertz CT molecular complexity index is 773. The summed E-state index contributed by atoms with van der Waals surface area (Å²) in [6.45, 7) is 1.99. The first-order valence-electron chi connectivity index (χ1n) is 7.46. The lowest BCUT2D eigenvalue weighted by Crippen LogP contribution is -2.34. The first kappa shape index (κ1) is 15.2. The molecule has 2 aromatic carbocycles. The molecule has 118 valence electrons. The molecule has 0 saturated carbocycles. The highest BCUT2D eigenvalue weighted by Crippen LogP contribution is 2.32. The molecule has 1 heterocycles. The molecule has 5 heteroatoms. The first-order chi connectivity index (χ1) is 11.0. The van der Waals surface area contributed by atoms with Gasteiger partial charge in [-0.3, -0.25) is 9.59 Å². The van der Waals surface area contributed by atoms with Crippen molar-refractivity contribution in [3.05, 3.63) is 65.0 Å². The molecule has 1 aliphatic rings. The van der Waals surface area contributed by atoms with Crippen LogP contribution in [0, 0.1) is 12.7 Å². The number of carbonyl (C=O) groups excluding carboxylic acids is 2. The number of benzene rings is 2. The van der Waals surface area contributed by atoms with Crippen LogP contribution in [0.5, 0.6) is 0 Å². The van der Waals surface area contributed by atoms with Crippen LogP contribution in [0.25, 0.3) is 0 Å². The van der Waals surface area contributed by atoms with Crippen molar-refractivity contribution >= 4 is 17.5 Å². The van der Waals surface area contributed by atoms with Crippen LogP contribution < -0.4 is 10.6 Å². The molecule has 1 aliphatic heterocycles. The molecule has 0 aromatic heterocycles. The number of rotatable bonds is 3. The van der Waals surface area contributed by atoms with Gasteiger partial charge in [0.15, 0.2) is 0 Å². The lowest BCUT2D eigenvalue weighted by atomic mass is 9.90. The van der Waals surface area contributed by atoms with E-state index in [0.29, 0.717) is 17.8 Å². The maximum absolute atomic E-state index is 13.3. The summed E-state index contributed by atoms with van der Waals surface area (Å²) in [5, 5.41) is 5.61. The Labute approximate surface area is 133 Å². The molecule has 23 heavy (non-hydrogen) atoms. The number of amides is 2. The number of halogens is 1. The predicted molar refractivity (Wildman–Crippen MR) is 85.4 cm³/mol. The average molecular weight is 312 g/mol. The van der Waals surface area contributed by atoms with E-state index in [1.54, 1.807) is 25.1 Å². The van der Waals surface area contributed by atoms with Crippen LogP contribution in [0.2, 0.25) is 0 Å². The van der Waals surface area contributed by atoms with Crippen molar-refractivity contribution in [2.75, 3.05) is 5.32 Å². The molecule has 2 amide bonds. The molecular weight excluding hydrogens is 295 g/mol. The summed E-state index contributed by atoms with van der Waals surface area (Å²) >= 11 is 0. The number of hydrogen-bond donors (Lipinski definition) is 2. The van der Waals surface area contributed by atoms with Gasteiger partial charge in [-0.1, -0.05) is 30.3 Å². The standard InChI is InChI=1S/C18H17FN2O2/c1-11-8-12(6-7-15(11)19)10-20-18(23)14-9-17(22)21-16-5-3-2-4-13(14)16/h2-8,14H,9-10H2,1H3,(H,20,23)(H,21,22)/t14-/m1/s1. The number of hydrogen-bond acceptors (Lipinski definition) is 2. The van der Waals surface area contributed by atoms with Gasteiger partial charge in [0, 0.05) is 18.7 Å². The molecule has 0 saturated heterocycles. The summed E-state index contributed by atoms with van der Waals surface area (Å²) < 4.78 is 13.3. The van der Waals surface area contributed by atoms with E-state index in [1.807, 2.05) is 18.2 Å². The van der Waals surface area contributed by atoms with E-state index in [-0.39, 0.29) is 24.1 Å². The van der Waals surface area contributed by atoms with E-state index >= 15 is 0 Å². The van der Waals surface area contributed by atoms with E-state index < -0.39 is 5.92 Å². The van der Waals surface area contributed by atoms with Crippen LogP contribution in [0.1, 0.15) is 29.0 Å². The molecule has 4 nitrogen and oxygen atoms in total. The predicted octanol–water partition coefficient (Wildman–Crippen LogP) is 2.88. The van der Waals surface area contributed by atoms with E-state index in [2.05, 4.69) is 10.6 Å². The van der Waals surface area contributed by atoms with Crippen LogP contribution in [-0.2, 0) is 16.1 Å². The Morgan fingerprint density at radius 1 is 1.30 bits per heavy atom. The summed E-state index contributed by atoms with van der Waals surface area (Å²) in [5.41, 5.74) is 2.87. The second-order valence-corrected chi connectivity index (χ2v) is 5.69. The molecule has 0 spiro atoms. The van der Waals surface area contributed by atoms with Gasteiger partial charge in [0.2, 0.25) is 11.8 Å². The van der Waals surface area contributed by atoms with Gasteiger partial charge in [-0.15, -0.1) is 0 Å². The van der Waals surface area contributed by atoms with Crippen LogP contribution in [0.4, 0.5) is 10.1 Å². The average Bonchev–Trinajstić information content (AvgIpc) is 2.54. The zero-order valence-corrected chi connectivity index (χ0v) is 12.7. The smallest absolute Gasteiger partial charge is 0.228 e. The maximum Gasteiger partial charge on any atom is 0.228 e. The van der Waals surface area contributed by atoms with Gasteiger partial charge in [-0.25, -0.2) is 4.39 Å². The minimum Gasteiger partial charge on any atom is -0.351 e. The van der Waals surface area contributed by atoms with Gasteiger partial charge < -0.3 is 10.6 Å². The quantitative estimate of drug-likeness (QED) is 0.915. The first-order valence-corrected chi connectivity index (χ1v) is 7.46. The third-order valence-corrected chi connectivity index (χ3v) is 4.01. The molecule has 2 N–H and O–H groups in total. The summed E-state index contributed by atoms with van der Waals surface area (Å²) in [4.78, 5) is 24.2. The summed E-state index contributed by atoms with van der Waals surface area (Å²) in [6.07, 6.45) is 0.130. The Kier molecular flexibility index (Phi) is 4.10. The van der Waals surface area contributed by atoms with Crippen molar-refractivity contribution in [2.24, 2.45) is 0 Å². The minimum absolute atomic E-state index is 0.130. The molecular formula is C18H17FN2O2. The summed E-state index contributed by atoms with van der Waals surface area (Å²) in [5.74, 6) is -1.13. The van der Waals surface area contributed by atoms with Crippen molar-refractivity contribution in [1.29, 1.82) is 0 Å². The highest BCUT2D eigenvalue weighted by atomic mass is 19.1. The van der Waals surface area contributed by atoms with Gasteiger partial charge in [0.1, 0.15) is 5.82 Å². The maximum atomic E-state index is 13.3. The van der Waals surface area contributed by atoms with Crippen molar-refractivity contribution in [3.63, 3.8) is 0 Å². The molecule has 3 rings (SSSR count). The van der Waals surface area contributed by atoms with E-state index in [4.69, 9.17) is 0 Å². The molecule has 0 unspecified atom stereocenters. The fourth-order valence-electron chi connectivity index (χ4n) is 2.77. The largest absolute Gasteiger partial charge is 0.351 e. The monoisotopic (exact) mass is 312 g/mol. The molecule has 0 radical (unpaired) electrons. The molecule has 1 atom stereocenters. The highest BCUT2D eigenvalue weighted by Gasteiger charge is 2.30. The Hall–Kier alpha value is -2.69. The number of anilines is 1. The van der Waals surface area contributed by atoms with Crippen molar-refractivity contribution in [3.8, 4) is 0 Å². The number of para-hydroxylation sites is 1. The van der Waals surface area contributed by atoms with Gasteiger partial charge in [-0.05, 0) is 35.7 Å². The normalized spacial score (nSPS) is 16.4. The van der Waals surface area contributed by atoms with Crippen LogP contribution >= 0.6 is 0 Å². The summed E-state index contributed by atoms with van der Waals surface area (Å²) in [7, 11) is 0. The number of nitrogens with one attached hydrogen (secondary N) is 2. The molecule has 0 aliphatic carbocycles. The van der Waals surface area contributed by atoms with Crippen LogP contribution in [-0.4, -0.2) is 11.8 Å². The van der Waals surface area contributed by atoms with Crippen LogP contribution in [0.3, 0.4) is 0 Å². The van der Waals surface area contributed by atoms with Crippen LogP contribution in [0.15, 0.2) is 42.5 Å². The van der Waals surface area contributed by atoms with Crippen molar-refractivity contribution < 1.29 is 14.0 Å². The fraction of sp³-hybridized carbons (Fsp3) is 0.222. The third-order valence-electron chi connectivity index (χ3n) is 4.01. The topological polar surface area (TPSA) is 58.2 Å². The van der Waals surface area contributed by atoms with E-state index in [1.165, 1.54) is 6.07 Å². The van der Waals surface area contributed by atoms with Gasteiger partial charge in [0.05, 0.1) is 5.92 Å². The number of fused-ring (bicyclic) bond motifs is 1. The lowest BCUT2D eigenvalue weighted by Gasteiger charge is -2.24. The summed E-state index contributed by atoms with van der Waals surface area (Å²) in [6, 6.07) is 12.0. The van der Waals surface area contributed by atoms with Crippen molar-refractivity contribution in [1.82, 2.24) is 5.32 Å². The van der Waals surface area contributed by atoms with E-state index in [0.717, 1.165) is 11.1 Å². The Balaban J connectivity index is 1.73. The second-order valence-electron chi connectivity index (χ2n) is 5.69. The number of aryl methyl sites for hydroxylation is 1. The minimum atomic E-state index is -0.499. The lowest BCUT2D eigenvalue weighted by molar-refractivity contribution is -0.126. The molecule has 0 fully saturated rings. The third kappa shape index (κ3) is 3.23. The zero-order chi connectivity index (χ0) is 16.4. The Morgan fingerprint density at radius 2 is 2.09 bits per heavy atom. The zero-order valence-electron chi connectivity index (χ0n) is 12.7. The number of carbonyl (C=O) groups is 2. The van der Waals surface area contributed by atoms with Gasteiger partial charge in [0.25, 0.3) is 0 Å². The van der Waals surface area contributed by atoms with Gasteiger partial charge >= 0.3 is 0 Å². The fourth-order valence-corrected chi connectivity index (χ4v) is 2.77. The molecule has 0 bridgehead atoms. The Morgan fingerprint density at radius 3 is 2.87 bits per heavy atom.